The maximum atomic E-state index is 13.9. The molecule has 2 aromatic rings. The van der Waals surface area contributed by atoms with E-state index in [2.05, 4.69) is 10.5 Å². The molecule has 124 valence electrons. The molecule has 1 aromatic heterocycles. The van der Waals surface area contributed by atoms with Crippen molar-refractivity contribution in [3.05, 3.63) is 51.6 Å². The highest BCUT2D eigenvalue weighted by atomic mass is 35.5. The van der Waals surface area contributed by atoms with Crippen molar-refractivity contribution in [1.82, 2.24) is 15.4 Å². The molecule has 0 aliphatic heterocycles. The predicted molar refractivity (Wildman–Crippen MR) is 85.8 cm³/mol. The number of urea groups is 1. The first-order valence-electron chi connectivity index (χ1n) is 7.18. The number of aryl methyl sites for hydroxylation is 2. The van der Waals surface area contributed by atoms with Gasteiger partial charge in [0.05, 0.1) is 18.3 Å². The van der Waals surface area contributed by atoms with Crippen molar-refractivity contribution in [2.24, 2.45) is 0 Å². The molecular weight excluding hydrogens is 321 g/mol. The Labute approximate surface area is 139 Å². The minimum atomic E-state index is -0.552. The number of rotatable bonds is 4. The van der Waals surface area contributed by atoms with Gasteiger partial charge in [0.25, 0.3) is 0 Å². The number of halogens is 2. The molecule has 1 N–H and O–H groups in total. The number of carbonyl (C=O) groups excluding carboxylic acids is 1. The molecule has 1 atom stereocenters. The summed E-state index contributed by atoms with van der Waals surface area (Å²) < 4.78 is 19.0. The van der Waals surface area contributed by atoms with Crippen molar-refractivity contribution < 1.29 is 13.7 Å². The van der Waals surface area contributed by atoms with Gasteiger partial charge >= 0.3 is 6.03 Å². The maximum Gasteiger partial charge on any atom is 0.317 e. The van der Waals surface area contributed by atoms with Crippen molar-refractivity contribution >= 4 is 17.6 Å². The van der Waals surface area contributed by atoms with Crippen molar-refractivity contribution in [2.75, 3.05) is 7.05 Å². The number of benzene rings is 1. The van der Waals surface area contributed by atoms with Gasteiger partial charge in [-0.1, -0.05) is 22.8 Å². The Bertz CT molecular complexity index is 678. The molecule has 2 amide bonds. The second kappa shape index (κ2) is 7.00. The normalized spacial score (nSPS) is 12.1. The molecule has 0 radical (unpaired) electrons. The minimum Gasteiger partial charge on any atom is -0.361 e. The van der Waals surface area contributed by atoms with Gasteiger partial charge in [-0.25, -0.2) is 9.18 Å². The van der Waals surface area contributed by atoms with Crippen molar-refractivity contribution in [3.63, 3.8) is 0 Å². The fraction of sp³-hybridized carbons (Fsp3) is 0.375. The molecule has 7 heteroatoms. The van der Waals surface area contributed by atoms with E-state index in [-0.39, 0.29) is 16.6 Å². The molecule has 0 saturated carbocycles. The van der Waals surface area contributed by atoms with Crippen LogP contribution in [-0.2, 0) is 6.54 Å². The van der Waals surface area contributed by atoms with Gasteiger partial charge in [-0.05, 0) is 32.9 Å². The number of hydrogen-bond donors (Lipinski definition) is 1. The monoisotopic (exact) mass is 339 g/mol. The van der Waals surface area contributed by atoms with E-state index in [9.17, 15) is 9.18 Å². The van der Waals surface area contributed by atoms with E-state index >= 15 is 0 Å². The highest BCUT2D eigenvalue weighted by Crippen LogP contribution is 2.25. The van der Waals surface area contributed by atoms with E-state index in [0.29, 0.717) is 12.3 Å². The van der Waals surface area contributed by atoms with Crippen LogP contribution in [0.4, 0.5) is 9.18 Å². The Kier molecular flexibility index (Phi) is 5.26. The summed E-state index contributed by atoms with van der Waals surface area (Å²) in [5.74, 6) is 0.228. The zero-order valence-corrected chi connectivity index (χ0v) is 14.2. The second-order valence-electron chi connectivity index (χ2n) is 5.47. The standard InChI is InChI=1S/C16H19ClFN3O2/c1-9-12(11(3)23-20-9)8-21(4)16(22)19-10(2)15-13(17)6-5-7-14(15)18/h5-7,10H,8H2,1-4H3,(H,19,22)/t10-/m0/s1. The third-order valence-corrected chi connectivity index (χ3v) is 4.03. The van der Waals surface area contributed by atoms with Crippen molar-refractivity contribution in [2.45, 2.75) is 33.4 Å². The number of amides is 2. The van der Waals surface area contributed by atoms with Crippen LogP contribution in [0.15, 0.2) is 22.7 Å². The average molecular weight is 340 g/mol. The molecule has 0 fully saturated rings. The fourth-order valence-corrected chi connectivity index (χ4v) is 2.66. The lowest BCUT2D eigenvalue weighted by molar-refractivity contribution is 0.203. The number of nitrogens with zero attached hydrogens (tertiary/aromatic N) is 2. The first-order valence-corrected chi connectivity index (χ1v) is 7.56. The van der Waals surface area contributed by atoms with Crippen LogP contribution in [0.25, 0.3) is 0 Å². The van der Waals surface area contributed by atoms with Crippen LogP contribution in [-0.4, -0.2) is 23.1 Å². The summed E-state index contributed by atoms with van der Waals surface area (Å²) in [6, 6.07) is 3.55. The molecule has 2 rings (SSSR count). The number of aromatic nitrogens is 1. The third kappa shape index (κ3) is 3.82. The Balaban J connectivity index is 2.06. The highest BCUT2D eigenvalue weighted by molar-refractivity contribution is 6.31. The fourth-order valence-electron chi connectivity index (χ4n) is 2.33. The zero-order valence-electron chi connectivity index (χ0n) is 13.5. The first-order chi connectivity index (χ1) is 10.8. The topological polar surface area (TPSA) is 58.4 Å². The van der Waals surface area contributed by atoms with Crippen molar-refractivity contribution in [1.29, 1.82) is 0 Å². The summed E-state index contributed by atoms with van der Waals surface area (Å²) in [6.07, 6.45) is 0. The maximum absolute atomic E-state index is 13.9. The quantitative estimate of drug-likeness (QED) is 0.916. The molecule has 0 aliphatic carbocycles. The van der Waals surface area contributed by atoms with Crippen LogP contribution in [0, 0.1) is 19.7 Å². The largest absolute Gasteiger partial charge is 0.361 e. The lowest BCUT2D eigenvalue weighted by atomic mass is 10.1. The Morgan fingerprint density at radius 1 is 1.48 bits per heavy atom. The van der Waals surface area contributed by atoms with Gasteiger partial charge in [-0.3, -0.25) is 0 Å². The lowest BCUT2D eigenvalue weighted by Crippen LogP contribution is -2.38. The number of nitrogens with one attached hydrogen (secondary N) is 1. The molecule has 0 spiro atoms. The summed E-state index contributed by atoms with van der Waals surface area (Å²) >= 11 is 6.02. The summed E-state index contributed by atoms with van der Waals surface area (Å²) in [7, 11) is 1.65. The van der Waals surface area contributed by atoms with Crippen LogP contribution in [0.2, 0.25) is 5.02 Å². The van der Waals surface area contributed by atoms with Crippen LogP contribution >= 0.6 is 11.6 Å². The molecular formula is C16H19ClFN3O2. The molecule has 0 saturated heterocycles. The van der Waals surface area contributed by atoms with Gasteiger partial charge in [0.1, 0.15) is 11.6 Å². The molecule has 0 unspecified atom stereocenters. The van der Waals surface area contributed by atoms with E-state index in [4.69, 9.17) is 16.1 Å². The van der Waals surface area contributed by atoms with E-state index < -0.39 is 11.9 Å². The average Bonchev–Trinajstić information content (AvgIpc) is 2.78. The van der Waals surface area contributed by atoms with Crippen LogP contribution < -0.4 is 5.32 Å². The van der Waals surface area contributed by atoms with Gasteiger partial charge < -0.3 is 14.7 Å². The third-order valence-electron chi connectivity index (χ3n) is 3.70. The number of carbonyl (C=O) groups is 1. The minimum absolute atomic E-state index is 0.272. The van der Waals surface area contributed by atoms with Gasteiger partial charge in [0.2, 0.25) is 0 Å². The molecule has 5 nitrogen and oxygen atoms in total. The van der Waals surface area contributed by atoms with Crippen LogP contribution in [0.5, 0.6) is 0 Å². The van der Waals surface area contributed by atoms with E-state index in [0.717, 1.165) is 11.3 Å². The van der Waals surface area contributed by atoms with Gasteiger partial charge in [0.15, 0.2) is 0 Å². The molecule has 1 aromatic carbocycles. The van der Waals surface area contributed by atoms with Crippen LogP contribution in [0.1, 0.15) is 35.5 Å². The number of hydrogen-bond acceptors (Lipinski definition) is 3. The summed E-state index contributed by atoms with van der Waals surface area (Å²) in [4.78, 5) is 13.8. The molecule has 23 heavy (non-hydrogen) atoms. The smallest absolute Gasteiger partial charge is 0.317 e. The van der Waals surface area contributed by atoms with Crippen LogP contribution in [0.3, 0.4) is 0 Å². The summed E-state index contributed by atoms with van der Waals surface area (Å²) in [5.41, 5.74) is 1.87. The Morgan fingerprint density at radius 2 is 2.17 bits per heavy atom. The van der Waals surface area contributed by atoms with E-state index in [1.54, 1.807) is 27.0 Å². The van der Waals surface area contributed by atoms with E-state index in [1.807, 2.05) is 6.92 Å². The van der Waals surface area contributed by atoms with Gasteiger partial charge in [-0.15, -0.1) is 0 Å². The summed E-state index contributed by atoms with van der Waals surface area (Å²) in [6.45, 7) is 5.65. The highest BCUT2D eigenvalue weighted by Gasteiger charge is 2.20. The van der Waals surface area contributed by atoms with E-state index in [1.165, 1.54) is 17.0 Å². The van der Waals surface area contributed by atoms with Gasteiger partial charge in [0, 0.05) is 23.2 Å². The Hall–Kier alpha value is -2.08. The zero-order chi connectivity index (χ0) is 17.1. The molecule has 0 aliphatic rings. The second-order valence-corrected chi connectivity index (χ2v) is 5.87. The first kappa shape index (κ1) is 17.3. The molecule has 0 bridgehead atoms. The SMILES string of the molecule is Cc1noc(C)c1CN(C)C(=O)N[C@@H](C)c1c(F)cccc1Cl. The molecule has 1 heterocycles. The predicted octanol–water partition coefficient (Wildman–Crippen LogP) is 3.99. The Morgan fingerprint density at radius 3 is 2.74 bits per heavy atom. The van der Waals surface area contributed by atoms with Crippen molar-refractivity contribution in [3.8, 4) is 0 Å². The summed E-state index contributed by atoms with van der Waals surface area (Å²) in [5, 5.41) is 6.88. The van der Waals surface area contributed by atoms with Gasteiger partial charge in [-0.2, -0.15) is 0 Å². The lowest BCUT2D eigenvalue weighted by Gasteiger charge is -2.22.